The minimum absolute atomic E-state index is 0.615. The Morgan fingerprint density at radius 3 is 0.969 bits per heavy atom. The number of unbranched alkanes of at least 4 members (excludes halogenated alkanes) is 20. The van der Waals surface area contributed by atoms with Gasteiger partial charge in [-0.3, -0.25) is 0 Å². The lowest BCUT2D eigenvalue weighted by Gasteiger charge is -2.11. The van der Waals surface area contributed by atoms with E-state index in [0.717, 1.165) is 25.7 Å². The lowest BCUT2D eigenvalue weighted by atomic mass is 9.95. The summed E-state index contributed by atoms with van der Waals surface area (Å²) in [6.45, 7) is 6.36. The van der Waals surface area contributed by atoms with E-state index in [1.54, 1.807) is 0 Å². The molecule has 0 fully saturated rings. The molecule has 0 radical (unpaired) electrons. The maximum atomic E-state index is 11.5. The van der Waals surface area contributed by atoms with Crippen LogP contribution in [0.5, 0.6) is 0 Å². The monoisotopic (exact) mass is 450 g/mol. The summed E-state index contributed by atoms with van der Waals surface area (Å²) >= 11 is 0. The van der Waals surface area contributed by atoms with Crippen molar-refractivity contribution in [2.75, 3.05) is 0 Å². The molecule has 0 heterocycles. The van der Waals surface area contributed by atoms with Crippen LogP contribution in [0.3, 0.4) is 0 Å². The van der Waals surface area contributed by atoms with Crippen molar-refractivity contribution in [1.29, 1.82) is 0 Å². The number of carboxylic acids is 1. The van der Waals surface area contributed by atoms with E-state index >= 15 is 0 Å². The molecule has 1 N–H and O–H groups in total. The van der Waals surface area contributed by atoms with Gasteiger partial charge in [-0.25, -0.2) is 4.79 Å². The van der Waals surface area contributed by atoms with E-state index in [-0.39, 0.29) is 0 Å². The van der Waals surface area contributed by atoms with Gasteiger partial charge in [0.2, 0.25) is 0 Å². The molecule has 0 aliphatic rings. The minimum Gasteiger partial charge on any atom is -0.478 e. The predicted octanol–water partition coefficient (Wildman–Crippen LogP) is 10.8. The number of rotatable bonds is 25. The highest BCUT2D eigenvalue weighted by molar-refractivity contribution is 5.86. The van der Waals surface area contributed by atoms with Gasteiger partial charge < -0.3 is 5.11 Å². The summed E-state index contributed by atoms with van der Waals surface area (Å²) < 4.78 is 0. The lowest BCUT2D eigenvalue weighted by molar-refractivity contribution is -0.132. The van der Waals surface area contributed by atoms with Crippen molar-refractivity contribution in [3.05, 3.63) is 11.1 Å². The van der Waals surface area contributed by atoms with Gasteiger partial charge in [0.25, 0.3) is 0 Å². The zero-order valence-corrected chi connectivity index (χ0v) is 22.3. The van der Waals surface area contributed by atoms with Crippen LogP contribution in [0, 0.1) is 0 Å². The van der Waals surface area contributed by atoms with Crippen molar-refractivity contribution in [1.82, 2.24) is 0 Å². The van der Waals surface area contributed by atoms with E-state index in [0.29, 0.717) is 5.57 Å². The summed E-state index contributed by atoms with van der Waals surface area (Å²) in [7, 11) is 0. The van der Waals surface area contributed by atoms with E-state index in [9.17, 15) is 9.90 Å². The molecule has 0 saturated heterocycles. The van der Waals surface area contributed by atoms with Gasteiger partial charge in [0.05, 0.1) is 0 Å². The van der Waals surface area contributed by atoms with Gasteiger partial charge in [0, 0.05) is 5.57 Å². The molecule has 0 atom stereocenters. The average molecular weight is 451 g/mol. The number of allylic oxidation sites excluding steroid dienone is 1. The molecular formula is C30H58O2. The van der Waals surface area contributed by atoms with Crippen LogP contribution in [0.15, 0.2) is 11.1 Å². The quantitative estimate of drug-likeness (QED) is 0.111. The SMILES string of the molecule is CCCCCCCCCCCCCC/C(CCCCCCCCCCCC)=C(/C)C(=O)O. The Hall–Kier alpha value is -0.790. The van der Waals surface area contributed by atoms with Crippen LogP contribution in [0.1, 0.15) is 175 Å². The Balaban J connectivity index is 3.76. The second kappa shape index (κ2) is 24.8. The molecule has 190 valence electrons. The summed E-state index contributed by atoms with van der Waals surface area (Å²) in [5, 5.41) is 9.45. The molecule has 0 aromatic rings. The van der Waals surface area contributed by atoms with Gasteiger partial charge in [-0.1, -0.05) is 148 Å². The Bertz CT molecular complexity index is 438. The van der Waals surface area contributed by atoms with Crippen LogP contribution in [-0.2, 0) is 4.79 Å². The smallest absolute Gasteiger partial charge is 0.331 e. The highest BCUT2D eigenvalue weighted by atomic mass is 16.4. The summed E-state index contributed by atoms with van der Waals surface area (Å²) in [6, 6.07) is 0. The zero-order chi connectivity index (χ0) is 23.7. The van der Waals surface area contributed by atoms with E-state index in [1.165, 1.54) is 134 Å². The number of carbonyl (C=O) groups is 1. The zero-order valence-electron chi connectivity index (χ0n) is 22.3. The largest absolute Gasteiger partial charge is 0.478 e. The molecule has 0 saturated carbocycles. The molecule has 0 aromatic carbocycles. The first-order valence-corrected chi connectivity index (χ1v) is 14.5. The second-order valence-corrected chi connectivity index (χ2v) is 10.1. The van der Waals surface area contributed by atoms with Crippen LogP contribution < -0.4 is 0 Å². The van der Waals surface area contributed by atoms with Crippen LogP contribution in [0.2, 0.25) is 0 Å². The fourth-order valence-corrected chi connectivity index (χ4v) is 4.66. The third kappa shape index (κ3) is 21.1. The Kier molecular flexibility index (Phi) is 24.2. The van der Waals surface area contributed by atoms with Crippen molar-refractivity contribution in [3.8, 4) is 0 Å². The molecule has 0 bridgehead atoms. The standard InChI is InChI=1S/C30H58O2/c1-4-6-8-10-12-14-16-17-19-21-23-25-27-29(28(3)30(31)32)26-24-22-20-18-15-13-11-9-7-5-2/h4-27H2,1-3H3,(H,31,32)/b29-28-. The maximum absolute atomic E-state index is 11.5. The summed E-state index contributed by atoms with van der Waals surface area (Å²) in [5.74, 6) is -0.717. The van der Waals surface area contributed by atoms with Crippen molar-refractivity contribution in [2.24, 2.45) is 0 Å². The van der Waals surface area contributed by atoms with Crippen molar-refractivity contribution in [3.63, 3.8) is 0 Å². The second-order valence-electron chi connectivity index (χ2n) is 10.1. The van der Waals surface area contributed by atoms with Crippen molar-refractivity contribution >= 4 is 5.97 Å². The van der Waals surface area contributed by atoms with Gasteiger partial charge in [0.1, 0.15) is 0 Å². The number of aliphatic carboxylic acids is 1. The third-order valence-electron chi connectivity index (χ3n) is 7.02. The summed E-state index contributed by atoms with van der Waals surface area (Å²) in [5.41, 5.74) is 1.83. The molecule has 0 spiro atoms. The molecule has 0 unspecified atom stereocenters. The molecule has 2 nitrogen and oxygen atoms in total. The average Bonchev–Trinajstić information content (AvgIpc) is 2.79. The Morgan fingerprint density at radius 2 is 0.719 bits per heavy atom. The maximum Gasteiger partial charge on any atom is 0.331 e. The molecular weight excluding hydrogens is 392 g/mol. The molecule has 0 aliphatic carbocycles. The molecule has 32 heavy (non-hydrogen) atoms. The number of hydrogen-bond acceptors (Lipinski definition) is 1. The van der Waals surface area contributed by atoms with E-state index in [2.05, 4.69) is 13.8 Å². The number of carboxylic acid groups (broad SMARTS) is 1. The van der Waals surface area contributed by atoms with E-state index in [4.69, 9.17) is 0 Å². The highest BCUT2D eigenvalue weighted by Crippen LogP contribution is 2.22. The van der Waals surface area contributed by atoms with Crippen molar-refractivity contribution in [2.45, 2.75) is 175 Å². The minimum atomic E-state index is -0.717. The van der Waals surface area contributed by atoms with E-state index < -0.39 is 5.97 Å². The first-order chi connectivity index (χ1) is 15.6. The fourth-order valence-electron chi connectivity index (χ4n) is 4.66. The lowest BCUT2D eigenvalue weighted by Crippen LogP contribution is -2.02. The van der Waals surface area contributed by atoms with Gasteiger partial charge in [0.15, 0.2) is 0 Å². The van der Waals surface area contributed by atoms with E-state index in [1.807, 2.05) is 6.92 Å². The summed E-state index contributed by atoms with van der Waals surface area (Å²) in [6.07, 6.45) is 31.6. The first-order valence-electron chi connectivity index (χ1n) is 14.5. The van der Waals surface area contributed by atoms with Crippen LogP contribution in [-0.4, -0.2) is 11.1 Å². The molecule has 0 aromatic heterocycles. The van der Waals surface area contributed by atoms with Gasteiger partial charge in [-0.15, -0.1) is 0 Å². The van der Waals surface area contributed by atoms with Crippen LogP contribution in [0.4, 0.5) is 0 Å². The Labute approximate surface area is 202 Å². The predicted molar refractivity (Wildman–Crippen MR) is 142 cm³/mol. The fraction of sp³-hybridized carbons (Fsp3) is 0.900. The van der Waals surface area contributed by atoms with Gasteiger partial charge in [-0.05, 0) is 32.6 Å². The van der Waals surface area contributed by atoms with Crippen LogP contribution in [0.25, 0.3) is 0 Å². The van der Waals surface area contributed by atoms with Crippen LogP contribution >= 0.6 is 0 Å². The molecule has 2 heteroatoms. The molecule has 0 aliphatic heterocycles. The molecule has 0 rings (SSSR count). The van der Waals surface area contributed by atoms with Crippen molar-refractivity contribution < 1.29 is 9.90 Å². The summed E-state index contributed by atoms with van der Waals surface area (Å²) in [4.78, 5) is 11.5. The highest BCUT2D eigenvalue weighted by Gasteiger charge is 2.09. The molecule has 0 amide bonds. The number of hydrogen-bond donors (Lipinski definition) is 1. The Morgan fingerprint density at radius 1 is 0.469 bits per heavy atom. The normalized spacial score (nSPS) is 12.2. The van der Waals surface area contributed by atoms with Gasteiger partial charge in [-0.2, -0.15) is 0 Å². The topological polar surface area (TPSA) is 37.3 Å². The third-order valence-corrected chi connectivity index (χ3v) is 7.02. The first kappa shape index (κ1) is 31.2. The van der Waals surface area contributed by atoms with Gasteiger partial charge >= 0.3 is 5.97 Å².